The SMILES string of the molecule is Cc1ccc(N)cc1C(=O)NCC(C)Cn1ccnc1. The number of aromatic nitrogens is 2. The van der Waals surface area contributed by atoms with Gasteiger partial charge in [-0.05, 0) is 30.5 Å². The highest BCUT2D eigenvalue weighted by Gasteiger charge is 2.11. The van der Waals surface area contributed by atoms with Crippen LogP contribution in [-0.2, 0) is 6.54 Å². The number of amides is 1. The largest absolute Gasteiger partial charge is 0.399 e. The van der Waals surface area contributed by atoms with Crippen LogP contribution in [0.15, 0.2) is 36.9 Å². The minimum atomic E-state index is -0.0766. The Bertz CT molecular complexity index is 578. The summed E-state index contributed by atoms with van der Waals surface area (Å²) in [6.07, 6.45) is 5.45. The van der Waals surface area contributed by atoms with Gasteiger partial charge in [-0.15, -0.1) is 0 Å². The average Bonchev–Trinajstić information content (AvgIpc) is 2.91. The number of carbonyl (C=O) groups is 1. The Balaban J connectivity index is 1.90. The van der Waals surface area contributed by atoms with Crippen molar-refractivity contribution in [3.8, 4) is 0 Å². The van der Waals surface area contributed by atoms with Gasteiger partial charge in [0.1, 0.15) is 0 Å². The second-order valence-electron chi connectivity index (χ2n) is 5.15. The molecule has 0 saturated carbocycles. The van der Waals surface area contributed by atoms with Gasteiger partial charge in [-0.3, -0.25) is 4.79 Å². The fourth-order valence-corrected chi connectivity index (χ4v) is 2.07. The van der Waals surface area contributed by atoms with Crippen LogP contribution in [0.5, 0.6) is 0 Å². The summed E-state index contributed by atoms with van der Waals surface area (Å²) >= 11 is 0. The molecule has 1 unspecified atom stereocenters. The Morgan fingerprint density at radius 3 is 3.00 bits per heavy atom. The molecule has 2 aromatic rings. The van der Waals surface area contributed by atoms with E-state index in [9.17, 15) is 4.79 Å². The van der Waals surface area contributed by atoms with E-state index in [1.165, 1.54) is 0 Å². The standard InChI is InChI=1S/C15H20N4O/c1-11(9-19-6-5-17-10-19)8-18-15(20)14-7-13(16)4-3-12(14)2/h3-7,10-11H,8-9,16H2,1-2H3,(H,18,20). The first kappa shape index (κ1) is 14.1. The first-order chi connectivity index (χ1) is 9.56. The molecule has 5 nitrogen and oxygen atoms in total. The summed E-state index contributed by atoms with van der Waals surface area (Å²) in [6.45, 7) is 5.44. The maximum Gasteiger partial charge on any atom is 0.251 e. The highest BCUT2D eigenvalue weighted by molar-refractivity contribution is 5.96. The number of nitrogens with two attached hydrogens (primary N) is 1. The van der Waals surface area contributed by atoms with Crippen molar-refractivity contribution < 1.29 is 4.79 Å². The molecule has 1 aromatic carbocycles. The van der Waals surface area contributed by atoms with E-state index in [-0.39, 0.29) is 5.91 Å². The molecule has 0 fully saturated rings. The number of anilines is 1. The van der Waals surface area contributed by atoms with Crippen molar-refractivity contribution in [1.82, 2.24) is 14.9 Å². The Hall–Kier alpha value is -2.30. The number of nitrogens with one attached hydrogen (secondary N) is 1. The van der Waals surface area contributed by atoms with Crippen LogP contribution in [0.1, 0.15) is 22.8 Å². The van der Waals surface area contributed by atoms with Gasteiger partial charge < -0.3 is 15.6 Å². The molecule has 0 radical (unpaired) electrons. The minimum absolute atomic E-state index is 0.0766. The van der Waals surface area contributed by atoms with E-state index in [1.54, 1.807) is 24.7 Å². The zero-order valence-electron chi connectivity index (χ0n) is 11.8. The molecule has 3 N–H and O–H groups in total. The topological polar surface area (TPSA) is 72.9 Å². The number of rotatable bonds is 5. The highest BCUT2D eigenvalue weighted by atomic mass is 16.1. The second kappa shape index (κ2) is 6.23. The van der Waals surface area contributed by atoms with Crippen molar-refractivity contribution in [2.45, 2.75) is 20.4 Å². The van der Waals surface area contributed by atoms with Gasteiger partial charge in [-0.2, -0.15) is 0 Å². The quantitative estimate of drug-likeness (QED) is 0.816. The normalized spacial score (nSPS) is 12.1. The van der Waals surface area contributed by atoms with Crippen LogP contribution in [0.4, 0.5) is 5.69 Å². The van der Waals surface area contributed by atoms with Crippen LogP contribution >= 0.6 is 0 Å². The second-order valence-corrected chi connectivity index (χ2v) is 5.15. The lowest BCUT2D eigenvalue weighted by molar-refractivity contribution is 0.0946. The third kappa shape index (κ3) is 3.60. The molecular formula is C15H20N4O. The Morgan fingerprint density at radius 1 is 1.50 bits per heavy atom. The number of hydrogen-bond donors (Lipinski definition) is 2. The predicted molar refractivity (Wildman–Crippen MR) is 79.3 cm³/mol. The summed E-state index contributed by atoms with van der Waals surface area (Å²) in [4.78, 5) is 16.1. The number of carbonyl (C=O) groups excluding carboxylic acids is 1. The van der Waals surface area contributed by atoms with E-state index in [0.29, 0.717) is 23.7 Å². The molecule has 0 aliphatic heterocycles. The van der Waals surface area contributed by atoms with E-state index in [4.69, 9.17) is 5.73 Å². The van der Waals surface area contributed by atoms with Gasteiger partial charge in [-0.25, -0.2) is 4.98 Å². The molecular weight excluding hydrogens is 252 g/mol. The van der Waals surface area contributed by atoms with E-state index in [0.717, 1.165) is 12.1 Å². The molecule has 0 spiro atoms. The predicted octanol–water partition coefficient (Wildman–Crippen LogP) is 1.84. The van der Waals surface area contributed by atoms with Crippen LogP contribution in [0.2, 0.25) is 0 Å². The monoisotopic (exact) mass is 272 g/mol. The molecule has 0 aliphatic rings. The maximum atomic E-state index is 12.1. The summed E-state index contributed by atoms with van der Waals surface area (Å²) < 4.78 is 2.00. The van der Waals surface area contributed by atoms with Crippen LogP contribution < -0.4 is 11.1 Å². The van der Waals surface area contributed by atoms with Gasteiger partial charge in [-0.1, -0.05) is 13.0 Å². The van der Waals surface area contributed by atoms with Crippen molar-refractivity contribution in [3.05, 3.63) is 48.0 Å². The number of imidazole rings is 1. The highest BCUT2D eigenvalue weighted by Crippen LogP contribution is 2.12. The number of nitrogen functional groups attached to an aromatic ring is 1. The zero-order valence-corrected chi connectivity index (χ0v) is 11.8. The van der Waals surface area contributed by atoms with E-state index < -0.39 is 0 Å². The number of aryl methyl sites for hydroxylation is 1. The van der Waals surface area contributed by atoms with Crippen LogP contribution in [0.3, 0.4) is 0 Å². The van der Waals surface area contributed by atoms with Gasteiger partial charge in [0.05, 0.1) is 6.33 Å². The van der Waals surface area contributed by atoms with Crippen molar-refractivity contribution in [1.29, 1.82) is 0 Å². The first-order valence-electron chi connectivity index (χ1n) is 6.66. The molecule has 2 rings (SSSR count). The minimum Gasteiger partial charge on any atom is -0.399 e. The van der Waals surface area contributed by atoms with E-state index >= 15 is 0 Å². The smallest absolute Gasteiger partial charge is 0.251 e. The molecule has 5 heteroatoms. The van der Waals surface area contributed by atoms with Gasteiger partial charge in [0.2, 0.25) is 0 Å². The molecule has 1 amide bonds. The van der Waals surface area contributed by atoms with Crippen molar-refractivity contribution in [2.24, 2.45) is 5.92 Å². The summed E-state index contributed by atoms with van der Waals surface area (Å²) in [5, 5.41) is 2.95. The number of nitrogens with zero attached hydrogens (tertiary/aromatic N) is 2. The van der Waals surface area contributed by atoms with E-state index in [2.05, 4.69) is 17.2 Å². The van der Waals surface area contributed by atoms with Crippen molar-refractivity contribution >= 4 is 11.6 Å². The first-order valence-corrected chi connectivity index (χ1v) is 6.66. The van der Waals surface area contributed by atoms with Gasteiger partial charge in [0.25, 0.3) is 5.91 Å². The molecule has 0 aliphatic carbocycles. The van der Waals surface area contributed by atoms with Gasteiger partial charge >= 0.3 is 0 Å². The van der Waals surface area contributed by atoms with Gasteiger partial charge in [0.15, 0.2) is 0 Å². The average molecular weight is 272 g/mol. The van der Waals surface area contributed by atoms with Crippen LogP contribution in [-0.4, -0.2) is 22.0 Å². The third-order valence-electron chi connectivity index (χ3n) is 3.20. The molecule has 20 heavy (non-hydrogen) atoms. The summed E-state index contributed by atoms with van der Waals surface area (Å²) in [7, 11) is 0. The van der Waals surface area contributed by atoms with Gasteiger partial charge in [0, 0.05) is 36.7 Å². The van der Waals surface area contributed by atoms with E-state index in [1.807, 2.05) is 23.8 Å². The lowest BCUT2D eigenvalue weighted by atomic mass is 10.1. The Labute approximate surface area is 118 Å². The lowest BCUT2D eigenvalue weighted by Gasteiger charge is -2.14. The summed E-state index contributed by atoms with van der Waals surface area (Å²) in [6, 6.07) is 5.37. The molecule has 1 atom stereocenters. The molecule has 0 saturated heterocycles. The molecule has 0 bridgehead atoms. The number of benzene rings is 1. The van der Waals surface area contributed by atoms with Crippen LogP contribution in [0.25, 0.3) is 0 Å². The number of hydrogen-bond acceptors (Lipinski definition) is 3. The maximum absolute atomic E-state index is 12.1. The lowest BCUT2D eigenvalue weighted by Crippen LogP contribution is -2.30. The summed E-state index contributed by atoms with van der Waals surface area (Å²) in [5.41, 5.74) is 7.89. The summed E-state index contributed by atoms with van der Waals surface area (Å²) in [5.74, 6) is 0.252. The Kier molecular flexibility index (Phi) is 4.40. The van der Waals surface area contributed by atoms with Crippen LogP contribution in [0, 0.1) is 12.8 Å². The molecule has 1 aromatic heterocycles. The third-order valence-corrected chi connectivity index (χ3v) is 3.20. The molecule has 1 heterocycles. The van der Waals surface area contributed by atoms with Crippen molar-refractivity contribution in [2.75, 3.05) is 12.3 Å². The fraction of sp³-hybridized carbons (Fsp3) is 0.333. The molecule has 106 valence electrons. The fourth-order valence-electron chi connectivity index (χ4n) is 2.07. The zero-order chi connectivity index (χ0) is 14.5. The Morgan fingerprint density at radius 2 is 2.30 bits per heavy atom. The van der Waals surface area contributed by atoms with Crippen molar-refractivity contribution in [3.63, 3.8) is 0 Å².